The molecule has 1 N–H and O–H groups in total. The summed E-state index contributed by atoms with van der Waals surface area (Å²) in [5.74, 6) is 0.549. The van der Waals surface area contributed by atoms with Gasteiger partial charge in [-0.25, -0.2) is 4.52 Å². The van der Waals surface area contributed by atoms with Crippen molar-refractivity contribution in [1.82, 2.24) is 19.6 Å². The Balaban J connectivity index is 1.95. The predicted octanol–water partition coefficient (Wildman–Crippen LogP) is 2.94. The molecule has 0 unspecified atom stereocenters. The van der Waals surface area contributed by atoms with Crippen molar-refractivity contribution in [2.45, 2.75) is 6.92 Å². The first-order valence-corrected chi connectivity index (χ1v) is 6.22. The van der Waals surface area contributed by atoms with E-state index in [2.05, 4.69) is 36.3 Å². The fourth-order valence-corrected chi connectivity index (χ4v) is 2.02. The van der Waals surface area contributed by atoms with Crippen LogP contribution < -0.4 is 5.32 Å². The fraction of sp³-hybridized carbons (Fsp3) is 0.0833. The first-order valence-electron chi connectivity index (χ1n) is 5.43. The number of aryl methyl sites for hydroxylation is 1. The van der Waals surface area contributed by atoms with Gasteiger partial charge < -0.3 is 5.32 Å². The first kappa shape index (κ1) is 11.2. The average molecular weight is 304 g/mol. The van der Waals surface area contributed by atoms with Crippen molar-refractivity contribution in [3.05, 3.63) is 46.8 Å². The molecule has 3 aromatic heterocycles. The van der Waals surface area contributed by atoms with Crippen molar-refractivity contribution >= 4 is 33.2 Å². The van der Waals surface area contributed by atoms with Gasteiger partial charge >= 0.3 is 0 Å². The number of halogens is 1. The van der Waals surface area contributed by atoms with Gasteiger partial charge in [0, 0.05) is 11.9 Å². The van der Waals surface area contributed by atoms with E-state index in [4.69, 9.17) is 0 Å². The number of rotatable bonds is 2. The Kier molecular flexibility index (Phi) is 2.71. The summed E-state index contributed by atoms with van der Waals surface area (Å²) in [6.45, 7) is 1.95. The molecule has 0 radical (unpaired) electrons. The van der Waals surface area contributed by atoms with E-state index < -0.39 is 0 Å². The van der Waals surface area contributed by atoms with E-state index >= 15 is 0 Å². The van der Waals surface area contributed by atoms with Gasteiger partial charge in [0.05, 0.1) is 16.4 Å². The van der Waals surface area contributed by atoms with Crippen molar-refractivity contribution < 1.29 is 0 Å². The molecule has 0 amide bonds. The predicted molar refractivity (Wildman–Crippen MR) is 72.9 cm³/mol. The second kappa shape index (κ2) is 4.38. The minimum atomic E-state index is 0.549. The van der Waals surface area contributed by atoms with Gasteiger partial charge in [0.2, 0.25) is 5.95 Å². The normalized spacial score (nSPS) is 10.8. The van der Waals surface area contributed by atoms with E-state index in [0.29, 0.717) is 5.95 Å². The molecule has 0 aliphatic carbocycles. The van der Waals surface area contributed by atoms with Crippen molar-refractivity contribution in [1.29, 1.82) is 0 Å². The number of nitrogens with zero attached hydrogens (tertiary/aromatic N) is 4. The molecule has 0 aliphatic heterocycles. The van der Waals surface area contributed by atoms with Crippen LogP contribution in [0.3, 0.4) is 0 Å². The Morgan fingerprint density at radius 3 is 2.89 bits per heavy atom. The Labute approximate surface area is 112 Å². The molecule has 0 spiro atoms. The number of hydrogen-bond donors (Lipinski definition) is 1. The van der Waals surface area contributed by atoms with E-state index in [9.17, 15) is 0 Å². The third kappa shape index (κ3) is 2.06. The molecule has 0 atom stereocenters. The van der Waals surface area contributed by atoms with E-state index in [1.54, 1.807) is 10.7 Å². The molecule has 90 valence electrons. The van der Waals surface area contributed by atoms with Crippen LogP contribution in [0, 0.1) is 6.92 Å². The monoisotopic (exact) mass is 303 g/mol. The molecule has 0 saturated heterocycles. The van der Waals surface area contributed by atoms with Gasteiger partial charge in [-0.05, 0) is 47.1 Å². The zero-order valence-electron chi connectivity index (χ0n) is 9.63. The Bertz CT molecular complexity index is 689. The average Bonchev–Trinajstić information content (AvgIpc) is 2.76. The largest absolute Gasteiger partial charge is 0.321 e. The van der Waals surface area contributed by atoms with Crippen molar-refractivity contribution in [3.63, 3.8) is 0 Å². The smallest absolute Gasteiger partial charge is 0.247 e. The lowest BCUT2D eigenvalue weighted by Crippen LogP contribution is -1.94. The number of fused-ring (bicyclic) bond motifs is 1. The van der Waals surface area contributed by atoms with Crippen LogP contribution in [0.25, 0.3) is 5.65 Å². The van der Waals surface area contributed by atoms with E-state index in [0.717, 1.165) is 21.5 Å². The number of pyridine rings is 2. The molecule has 6 heteroatoms. The van der Waals surface area contributed by atoms with Gasteiger partial charge in [-0.2, -0.15) is 4.98 Å². The lowest BCUT2D eigenvalue weighted by Gasteiger charge is -2.00. The highest BCUT2D eigenvalue weighted by molar-refractivity contribution is 9.10. The highest BCUT2D eigenvalue weighted by atomic mass is 79.9. The summed E-state index contributed by atoms with van der Waals surface area (Å²) < 4.78 is 2.63. The van der Waals surface area contributed by atoms with Crippen LogP contribution in [0.5, 0.6) is 0 Å². The molecule has 3 rings (SSSR count). The Morgan fingerprint density at radius 1 is 1.28 bits per heavy atom. The van der Waals surface area contributed by atoms with Gasteiger partial charge in [0.25, 0.3) is 0 Å². The summed E-state index contributed by atoms with van der Waals surface area (Å²) in [5.41, 5.74) is 2.62. The molecule has 0 fully saturated rings. The van der Waals surface area contributed by atoms with Crippen LogP contribution in [0.4, 0.5) is 11.6 Å². The molecular formula is C12H10BrN5. The van der Waals surface area contributed by atoms with Gasteiger partial charge in [-0.3, -0.25) is 4.98 Å². The minimum Gasteiger partial charge on any atom is -0.321 e. The maximum Gasteiger partial charge on any atom is 0.247 e. The third-order valence-electron chi connectivity index (χ3n) is 2.48. The molecule has 5 nitrogen and oxygen atoms in total. The Morgan fingerprint density at radius 2 is 2.17 bits per heavy atom. The molecule has 0 aromatic carbocycles. The summed E-state index contributed by atoms with van der Waals surface area (Å²) in [6.07, 6.45) is 3.61. The summed E-state index contributed by atoms with van der Waals surface area (Å²) in [5, 5.41) is 7.45. The topological polar surface area (TPSA) is 55.1 Å². The van der Waals surface area contributed by atoms with Crippen molar-refractivity contribution in [2.75, 3.05) is 5.32 Å². The summed E-state index contributed by atoms with van der Waals surface area (Å²) in [4.78, 5) is 8.61. The third-order valence-corrected chi connectivity index (χ3v) is 3.10. The van der Waals surface area contributed by atoms with E-state index in [-0.39, 0.29) is 0 Å². The number of nitrogens with one attached hydrogen (secondary N) is 1. The SMILES string of the molecule is Cc1ccc(Nc2nc3c(Br)cccn3n2)cn1. The maximum atomic E-state index is 4.40. The minimum absolute atomic E-state index is 0.549. The van der Waals surface area contributed by atoms with Crippen molar-refractivity contribution in [2.24, 2.45) is 0 Å². The second-order valence-electron chi connectivity index (χ2n) is 3.87. The molecule has 3 aromatic rings. The second-order valence-corrected chi connectivity index (χ2v) is 4.73. The maximum absolute atomic E-state index is 4.40. The van der Waals surface area contributed by atoms with Crippen LogP contribution in [-0.2, 0) is 0 Å². The van der Waals surface area contributed by atoms with Crippen LogP contribution in [0.1, 0.15) is 5.69 Å². The number of hydrogen-bond acceptors (Lipinski definition) is 4. The Hall–Kier alpha value is -1.95. The number of aromatic nitrogens is 4. The molecule has 0 aliphatic rings. The van der Waals surface area contributed by atoms with Crippen LogP contribution in [-0.4, -0.2) is 19.6 Å². The summed E-state index contributed by atoms with van der Waals surface area (Å²) in [7, 11) is 0. The van der Waals surface area contributed by atoms with Crippen LogP contribution in [0.15, 0.2) is 41.1 Å². The van der Waals surface area contributed by atoms with Crippen molar-refractivity contribution in [3.8, 4) is 0 Å². The molecule has 0 bridgehead atoms. The quantitative estimate of drug-likeness (QED) is 0.791. The summed E-state index contributed by atoms with van der Waals surface area (Å²) >= 11 is 3.44. The van der Waals surface area contributed by atoms with Gasteiger partial charge in [0.15, 0.2) is 5.65 Å². The molecular weight excluding hydrogens is 294 g/mol. The standard InChI is InChI=1S/C12H10BrN5/c1-8-4-5-9(7-14-8)15-12-16-11-10(13)3-2-6-18(11)17-12/h2-7H,1H3,(H,15,17). The zero-order valence-corrected chi connectivity index (χ0v) is 11.2. The first-order chi connectivity index (χ1) is 8.72. The number of anilines is 2. The zero-order chi connectivity index (χ0) is 12.5. The summed E-state index contributed by atoms with van der Waals surface area (Å²) in [6, 6.07) is 7.72. The van der Waals surface area contributed by atoms with Crippen LogP contribution >= 0.6 is 15.9 Å². The van der Waals surface area contributed by atoms with Gasteiger partial charge in [-0.15, -0.1) is 5.10 Å². The van der Waals surface area contributed by atoms with Gasteiger partial charge in [-0.1, -0.05) is 0 Å². The lowest BCUT2D eigenvalue weighted by molar-refractivity contribution is 0.962. The van der Waals surface area contributed by atoms with Gasteiger partial charge in [0.1, 0.15) is 0 Å². The molecule has 0 saturated carbocycles. The lowest BCUT2D eigenvalue weighted by atomic mass is 10.3. The fourth-order valence-electron chi connectivity index (χ4n) is 1.60. The van der Waals surface area contributed by atoms with E-state index in [1.807, 2.05) is 37.4 Å². The van der Waals surface area contributed by atoms with Crippen LogP contribution in [0.2, 0.25) is 0 Å². The molecule has 18 heavy (non-hydrogen) atoms. The highest BCUT2D eigenvalue weighted by Gasteiger charge is 2.06. The highest BCUT2D eigenvalue weighted by Crippen LogP contribution is 2.18. The van der Waals surface area contributed by atoms with E-state index in [1.165, 1.54) is 0 Å². The molecule has 3 heterocycles.